The van der Waals surface area contributed by atoms with E-state index in [0.717, 1.165) is 67.1 Å². The molecule has 4 aromatic carbocycles. The second kappa shape index (κ2) is 10.0. The number of nitrogen functional groups attached to an aromatic ring is 1. The zero-order valence-electron chi connectivity index (χ0n) is 21.4. The minimum atomic E-state index is 0.0741. The maximum Gasteiger partial charge on any atom is 0.194 e. The van der Waals surface area contributed by atoms with Gasteiger partial charge in [-0.1, -0.05) is 94.1 Å². The van der Waals surface area contributed by atoms with E-state index in [1.165, 1.54) is 0 Å². The van der Waals surface area contributed by atoms with Crippen LogP contribution >= 0.6 is 11.8 Å². The Morgan fingerprint density at radius 3 is 2.11 bits per heavy atom. The lowest BCUT2D eigenvalue weighted by molar-refractivity contribution is 0.104. The molecule has 1 aliphatic carbocycles. The van der Waals surface area contributed by atoms with E-state index in [0.29, 0.717) is 11.8 Å². The number of para-hydroxylation sites is 1. The van der Waals surface area contributed by atoms with Gasteiger partial charge in [0, 0.05) is 32.5 Å². The molecular weight excluding hydrogens is 462 g/mol. The molecule has 2 N–H and O–H groups in total. The molecule has 36 heavy (non-hydrogen) atoms. The Morgan fingerprint density at radius 1 is 0.778 bits per heavy atom. The highest BCUT2D eigenvalue weighted by atomic mass is 32.2. The van der Waals surface area contributed by atoms with Gasteiger partial charge in [-0.15, -0.1) is 0 Å². The summed E-state index contributed by atoms with van der Waals surface area (Å²) in [5.41, 5.74) is 10.6. The number of rotatable bonds is 8. The van der Waals surface area contributed by atoms with Crippen molar-refractivity contribution in [2.75, 3.05) is 5.73 Å². The van der Waals surface area contributed by atoms with E-state index in [2.05, 4.69) is 39.8 Å². The molecule has 0 atom stereocenters. The normalized spacial score (nSPS) is 12.6. The summed E-state index contributed by atoms with van der Waals surface area (Å²) in [5.74, 6) is 1.99. The topological polar surface area (TPSA) is 52.3 Å². The molecule has 0 bridgehead atoms. The Morgan fingerprint density at radius 2 is 1.42 bits per heavy atom. The summed E-state index contributed by atoms with van der Waals surface area (Å²) < 4.78 is 6.89. The van der Waals surface area contributed by atoms with Crippen molar-refractivity contribution in [3.05, 3.63) is 83.9 Å². The average molecular weight is 496 g/mol. The molecule has 0 spiro atoms. The first-order valence-electron chi connectivity index (χ1n) is 12.8. The number of carbonyl (C=O) groups is 1. The first-order valence-corrected chi connectivity index (χ1v) is 13.6. The number of ether oxygens (including phenoxy) is 1. The van der Waals surface area contributed by atoms with E-state index >= 15 is 0 Å². The minimum absolute atomic E-state index is 0.0741. The van der Waals surface area contributed by atoms with Crippen molar-refractivity contribution in [2.45, 2.75) is 56.4 Å². The van der Waals surface area contributed by atoms with Gasteiger partial charge in [-0.25, -0.2) is 0 Å². The standard InChI is InChI=1S/C32H33NO2S/c1-19(2)16-21(17-20(3)4)35-28-18-26-22-10-5-6-11-23(22)31(34)24-12-9-13-25(30(24)26)32(28)36-29-15-8-7-14-27(29)33/h5-15,18-21H,16-17,33H2,1-4H3. The highest BCUT2D eigenvalue weighted by molar-refractivity contribution is 7.99. The predicted molar refractivity (Wildman–Crippen MR) is 151 cm³/mol. The second-order valence-corrected chi connectivity index (χ2v) is 11.5. The smallest absolute Gasteiger partial charge is 0.194 e. The van der Waals surface area contributed by atoms with Crippen LogP contribution in [0.1, 0.15) is 56.5 Å². The van der Waals surface area contributed by atoms with Gasteiger partial charge in [0.1, 0.15) is 5.75 Å². The Hall–Kier alpha value is -3.24. The van der Waals surface area contributed by atoms with Crippen LogP contribution < -0.4 is 10.5 Å². The summed E-state index contributed by atoms with van der Waals surface area (Å²) >= 11 is 1.62. The van der Waals surface area contributed by atoms with Crippen LogP contribution in [0.25, 0.3) is 21.9 Å². The van der Waals surface area contributed by atoms with Crippen molar-refractivity contribution in [3.63, 3.8) is 0 Å². The summed E-state index contributed by atoms with van der Waals surface area (Å²) in [6.07, 6.45) is 2.07. The predicted octanol–water partition coefficient (Wildman–Crippen LogP) is 8.62. The van der Waals surface area contributed by atoms with Gasteiger partial charge in [0.15, 0.2) is 5.78 Å². The van der Waals surface area contributed by atoms with E-state index < -0.39 is 0 Å². The van der Waals surface area contributed by atoms with Crippen LogP contribution in [0.4, 0.5) is 5.69 Å². The molecule has 0 radical (unpaired) electrons. The molecule has 5 rings (SSSR count). The number of carbonyl (C=O) groups excluding carboxylic acids is 1. The van der Waals surface area contributed by atoms with Gasteiger partial charge in [-0.2, -0.15) is 0 Å². The van der Waals surface area contributed by atoms with Gasteiger partial charge < -0.3 is 10.5 Å². The molecule has 184 valence electrons. The zero-order chi connectivity index (χ0) is 25.4. The van der Waals surface area contributed by atoms with Gasteiger partial charge in [0.05, 0.1) is 11.0 Å². The summed E-state index contributed by atoms with van der Waals surface area (Å²) in [4.78, 5) is 15.5. The van der Waals surface area contributed by atoms with Gasteiger partial charge in [0.2, 0.25) is 0 Å². The molecule has 4 aromatic rings. The van der Waals surface area contributed by atoms with Crippen LogP contribution in [-0.2, 0) is 0 Å². The highest BCUT2D eigenvalue weighted by Crippen LogP contribution is 2.49. The van der Waals surface area contributed by atoms with Crippen LogP contribution in [-0.4, -0.2) is 11.9 Å². The van der Waals surface area contributed by atoms with E-state index in [9.17, 15) is 4.79 Å². The number of benzene rings is 4. The van der Waals surface area contributed by atoms with E-state index in [4.69, 9.17) is 10.5 Å². The molecule has 4 heteroatoms. The third-order valence-corrected chi connectivity index (χ3v) is 7.89. The fraction of sp³-hybridized carbons (Fsp3) is 0.281. The van der Waals surface area contributed by atoms with Crippen LogP contribution in [0.15, 0.2) is 82.6 Å². The minimum Gasteiger partial charge on any atom is -0.489 e. The summed E-state index contributed by atoms with van der Waals surface area (Å²) in [6, 6.07) is 24.0. The van der Waals surface area contributed by atoms with Gasteiger partial charge >= 0.3 is 0 Å². The first-order chi connectivity index (χ1) is 17.3. The van der Waals surface area contributed by atoms with Crippen molar-refractivity contribution in [3.8, 4) is 16.9 Å². The van der Waals surface area contributed by atoms with Crippen LogP contribution in [0, 0.1) is 11.8 Å². The highest BCUT2D eigenvalue weighted by Gasteiger charge is 2.29. The summed E-state index contributed by atoms with van der Waals surface area (Å²) in [7, 11) is 0. The monoisotopic (exact) mass is 495 g/mol. The van der Waals surface area contributed by atoms with Gasteiger partial charge in [-0.3, -0.25) is 4.79 Å². The number of nitrogens with two attached hydrogens (primary N) is 1. The molecule has 0 aromatic heterocycles. The summed E-state index contributed by atoms with van der Waals surface area (Å²) in [6.45, 7) is 8.98. The molecule has 0 aliphatic heterocycles. The summed E-state index contributed by atoms with van der Waals surface area (Å²) in [5, 5.41) is 2.03. The van der Waals surface area contributed by atoms with Gasteiger partial charge in [0.25, 0.3) is 0 Å². The third kappa shape index (κ3) is 4.62. The van der Waals surface area contributed by atoms with E-state index in [1.807, 2.05) is 60.7 Å². The Bertz CT molecular complexity index is 1430. The lowest BCUT2D eigenvalue weighted by atomic mass is 9.82. The van der Waals surface area contributed by atoms with E-state index in [-0.39, 0.29) is 11.9 Å². The largest absolute Gasteiger partial charge is 0.489 e. The zero-order valence-corrected chi connectivity index (χ0v) is 22.2. The molecule has 0 amide bonds. The van der Waals surface area contributed by atoms with Crippen LogP contribution in [0.5, 0.6) is 5.75 Å². The second-order valence-electron chi connectivity index (χ2n) is 10.5. The maximum atomic E-state index is 13.5. The number of ketones is 1. The molecule has 0 heterocycles. The van der Waals surface area contributed by atoms with Crippen molar-refractivity contribution in [2.24, 2.45) is 11.8 Å². The fourth-order valence-electron chi connectivity index (χ4n) is 5.20. The maximum absolute atomic E-state index is 13.5. The lowest BCUT2D eigenvalue weighted by Gasteiger charge is -2.27. The number of hydrogen-bond acceptors (Lipinski definition) is 4. The SMILES string of the molecule is CC(C)CC(CC(C)C)Oc1cc2c3c(cccc3c1Sc1ccccc1N)C(=O)c1ccccc1-2. The Labute approximate surface area is 218 Å². The number of hydrogen-bond donors (Lipinski definition) is 1. The Balaban J connectivity index is 1.75. The van der Waals surface area contributed by atoms with Crippen molar-refractivity contribution >= 4 is 34.0 Å². The van der Waals surface area contributed by atoms with Crippen molar-refractivity contribution < 1.29 is 9.53 Å². The number of anilines is 1. The fourth-order valence-corrected chi connectivity index (χ4v) is 6.24. The third-order valence-electron chi connectivity index (χ3n) is 6.68. The molecule has 0 saturated heterocycles. The molecule has 0 fully saturated rings. The van der Waals surface area contributed by atoms with Crippen molar-refractivity contribution in [1.29, 1.82) is 0 Å². The molecule has 0 unspecified atom stereocenters. The van der Waals surface area contributed by atoms with Crippen molar-refractivity contribution in [1.82, 2.24) is 0 Å². The van der Waals surface area contributed by atoms with Gasteiger partial charge in [-0.05, 0) is 54.0 Å². The van der Waals surface area contributed by atoms with Crippen LogP contribution in [0.2, 0.25) is 0 Å². The molecule has 0 saturated carbocycles. The Kier molecular flexibility index (Phi) is 6.81. The number of fused-ring (bicyclic) bond motifs is 2. The lowest BCUT2D eigenvalue weighted by Crippen LogP contribution is -2.22. The van der Waals surface area contributed by atoms with E-state index in [1.54, 1.807) is 11.8 Å². The molecule has 1 aliphatic rings. The quantitative estimate of drug-likeness (QED) is 0.219. The first kappa shape index (κ1) is 24.5. The molecule has 3 nitrogen and oxygen atoms in total. The molecular formula is C32H33NO2S. The van der Waals surface area contributed by atoms with Crippen LogP contribution in [0.3, 0.4) is 0 Å². The average Bonchev–Trinajstić information content (AvgIpc) is 2.84.